The molecule has 8 nitrogen and oxygen atoms in total. The highest BCUT2D eigenvalue weighted by Crippen LogP contribution is 2.42. The molecule has 1 aromatic carbocycles. The van der Waals surface area contributed by atoms with Crippen LogP contribution in [0.15, 0.2) is 23.1 Å². The maximum Gasteiger partial charge on any atom is 0.243 e. The molecule has 1 aromatic rings. The monoisotopic (exact) mass is 477 g/mol. The third kappa shape index (κ3) is 4.95. The first-order valence-electron chi connectivity index (χ1n) is 12.0. The molecular weight excluding hydrogens is 442 g/mol. The molecule has 1 aliphatic carbocycles. The van der Waals surface area contributed by atoms with Crippen LogP contribution in [0.4, 0.5) is 5.69 Å². The summed E-state index contributed by atoms with van der Waals surface area (Å²) >= 11 is 0. The maximum absolute atomic E-state index is 13.2. The van der Waals surface area contributed by atoms with E-state index in [1.807, 2.05) is 0 Å². The van der Waals surface area contributed by atoms with Gasteiger partial charge in [0, 0.05) is 24.8 Å². The van der Waals surface area contributed by atoms with E-state index in [4.69, 9.17) is 4.74 Å². The number of amides is 2. The fourth-order valence-electron chi connectivity index (χ4n) is 5.08. The fourth-order valence-corrected chi connectivity index (χ4v) is 6.52. The molecule has 0 aromatic heterocycles. The first kappa shape index (κ1) is 24.2. The van der Waals surface area contributed by atoms with Crippen molar-refractivity contribution >= 4 is 27.5 Å². The zero-order valence-electron chi connectivity index (χ0n) is 19.6. The van der Waals surface area contributed by atoms with E-state index in [1.54, 1.807) is 26.0 Å². The van der Waals surface area contributed by atoms with Crippen molar-refractivity contribution in [3.8, 4) is 0 Å². The van der Waals surface area contributed by atoms with Crippen molar-refractivity contribution < 1.29 is 22.7 Å². The summed E-state index contributed by atoms with van der Waals surface area (Å²) in [6.07, 6.45) is 7.85. The number of fused-ring (bicyclic) bond motifs is 1. The van der Waals surface area contributed by atoms with Gasteiger partial charge in [-0.1, -0.05) is 32.1 Å². The van der Waals surface area contributed by atoms with Gasteiger partial charge in [0.2, 0.25) is 21.8 Å². The van der Waals surface area contributed by atoms with E-state index in [9.17, 15) is 18.0 Å². The minimum Gasteiger partial charge on any atom is -0.379 e. The summed E-state index contributed by atoms with van der Waals surface area (Å²) in [5, 5.41) is 3.12. The number of benzene rings is 1. The molecule has 2 fully saturated rings. The van der Waals surface area contributed by atoms with Crippen molar-refractivity contribution in [3.63, 3.8) is 0 Å². The van der Waals surface area contributed by atoms with E-state index < -0.39 is 15.4 Å². The first-order valence-corrected chi connectivity index (χ1v) is 13.5. The maximum atomic E-state index is 13.2. The van der Waals surface area contributed by atoms with Gasteiger partial charge in [0.1, 0.15) is 6.54 Å². The molecule has 4 rings (SSSR count). The van der Waals surface area contributed by atoms with Crippen molar-refractivity contribution in [2.75, 3.05) is 37.7 Å². The van der Waals surface area contributed by atoms with Crippen LogP contribution in [0.1, 0.15) is 64.4 Å². The van der Waals surface area contributed by atoms with Gasteiger partial charge >= 0.3 is 0 Å². The van der Waals surface area contributed by atoms with Crippen LogP contribution in [0.25, 0.3) is 0 Å². The lowest BCUT2D eigenvalue weighted by molar-refractivity contribution is -0.126. The minimum atomic E-state index is -3.67. The van der Waals surface area contributed by atoms with Gasteiger partial charge in [0.05, 0.1) is 23.5 Å². The lowest BCUT2D eigenvalue weighted by atomic mass is 9.86. The third-order valence-corrected chi connectivity index (χ3v) is 8.99. The number of anilines is 1. The van der Waals surface area contributed by atoms with Crippen molar-refractivity contribution in [1.82, 2.24) is 9.62 Å². The third-order valence-electron chi connectivity index (χ3n) is 7.09. The molecule has 1 saturated carbocycles. The van der Waals surface area contributed by atoms with Crippen LogP contribution in [0, 0.1) is 0 Å². The lowest BCUT2D eigenvalue weighted by Gasteiger charge is -2.26. The predicted molar refractivity (Wildman–Crippen MR) is 126 cm³/mol. The van der Waals surface area contributed by atoms with Crippen LogP contribution < -0.4 is 10.2 Å². The molecule has 182 valence electrons. The summed E-state index contributed by atoms with van der Waals surface area (Å²) in [6.45, 7) is 4.89. The molecule has 0 unspecified atom stereocenters. The Kier molecular flexibility index (Phi) is 7.12. The van der Waals surface area contributed by atoms with E-state index in [2.05, 4.69) is 5.32 Å². The zero-order valence-corrected chi connectivity index (χ0v) is 20.5. The van der Waals surface area contributed by atoms with Crippen molar-refractivity contribution in [1.29, 1.82) is 0 Å². The number of hydrogen-bond acceptors (Lipinski definition) is 5. The van der Waals surface area contributed by atoms with Crippen LogP contribution in [-0.4, -0.2) is 63.4 Å². The Hall–Kier alpha value is -1.97. The molecule has 3 aliphatic rings. The smallest absolute Gasteiger partial charge is 0.243 e. The number of rotatable bonds is 5. The van der Waals surface area contributed by atoms with Gasteiger partial charge in [0.15, 0.2) is 0 Å². The highest BCUT2D eigenvalue weighted by atomic mass is 32.2. The van der Waals surface area contributed by atoms with Gasteiger partial charge in [-0.3, -0.25) is 9.59 Å². The summed E-state index contributed by atoms with van der Waals surface area (Å²) in [7, 11) is -3.67. The number of hydrogen-bond donors (Lipinski definition) is 1. The quantitative estimate of drug-likeness (QED) is 0.703. The van der Waals surface area contributed by atoms with Crippen LogP contribution in [0.5, 0.6) is 0 Å². The molecule has 9 heteroatoms. The van der Waals surface area contributed by atoms with E-state index in [-0.39, 0.29) is 29.3 Å². The number of nitrogens with zero attached hydrogens (tertiary/aromatic N) is 2. The van der Waals surface area contributed by atoms with E-state index in [0.29, 0.717) is 37.6 Å². The molecule has 1 N–H and O–H groups in total. The molecule has 0 spiro atoms. The SMILES string of the molecule is CC1(C)C(=O)N(CC(=O)NC2CCCCCCC2)c2ccc(S(=O)(=O)N3CCOCC3)cc21. The van der Waals surface area contributed by atoms with E-state index in [1.165, 1.54) is 34.5 Å². The first-order chi connectivity index (χ1) is 15.7. The number of nitrogens with one attached hydrogen (secondary N) is 1. The molecule has 0 atom stereocenters. The Morgan fingerprint density at radius 1 is 1.09 bits per heavy atom. The minimum absolute atomic E-state index is 0.0542. The van der Waals surface area contributed by atoms with Crippen LogP contribution in [0.3, 0.4) is 0 Å². The molecule has 33 heavy (non-hydrogen) atoms. The lowest BCUT2D eigenvalue weighted by Crippen LogP contribution is -2.45. The molecule has 2 heterocycles. The summed E-state index contributed by atoms with van der Waals surface area (Å²) in [6, 6.07) is 4.96. The van der Waals surface area contributed by atoms with Gasteiger partial charge in [0.25, 0.3) is 0 Å². The molecular formula is C24H35N3O5S. The Bertz CT molecular complexity index is 993. The number of sulfonamides is 1. The Morgan fingerprint density at radius 3 is 2.39 bits per heavy atom. The van der Waals surface area contributed by atoms with Gasteiger partial charge < -0.3 is 15.0 Å². The van der Waals surface area contributed by atoms with E-state index >= 15 is 0 Å². The number of carbonyl (C=O) groups excluding carboxylic acids is 2. The van der Waals surface area contributed by atoms with Crippen LogP contribution in [-0.2, 0) is 29.8 Å². The second-order valence-corrected chi connectivity index (χ2v) is 11.8. The van der Waals surface area contributed by atoms with Gasteiger partial charge in [-0.2, -0.15) is 4.31 Å². The Balaban J connectivity index is 1.53. The molecule has 0 radical (unpaired) electrons. The average molecular weight is 478 g/mol. The second kappa shape index (κ2) is 9.72. The highest BCUT2D eigenvalue weighted by Gasteiger charge is 2.45. The van der Waals surface area contributed by atoms with E-state index in [0.717, 1.165) is 25.7 Å². The summed E-state index contributed by atoms with van der Waals surface area (Å²) in [5.74, 6) is -0.353. The summed E-state index contributed by atoms with van der Waals surface area (Å²) < 4.78 is 32.9. The molecule has 1 saturated heterocycles. The van der Waals surface area contributed by atoms with Crippen LogP contribution >= 0.6 is 0 Å². The predicted octanol–water partition coefficient (Wildman–Crippen LogP) is 2.56. The fraction of sp³-hybridized carbons (Fsp3) is 0.667. The molecule has 2 aliphatic heterocycles. The van der Waals surface area contributed by atoms with Gasteiger partial charge in [-0.25, -0.2) is 8.42 Å². The Labute approximate surface area is 196 Å². The number of ether oxygens (including phenoxy) is 1. The number of morpholine rings is 1. The molecule has 0 bridgehead atoms. The largest absolute Gasteiger partial charge is 0.379 e. The summed E-state index contributed by atoms with van der Waals surface area (Å²) in [5.41, 5.74) is 0.339. The average Bonchev–Trinajstić information content (AvgIpc) is 2.96. The standard InChI is InChI=1S/C24H35N3O5S/c1-24(2)20-16-19(33(30,31)26-12-14-32-15-13-26)10-11-21(20)27(23(24)29)17-22(28)25-18-8-6-4-3-5-7-9-18/h10-11,16,18H,3-9,12-15,17H2,1-2H3,(H,25,28). The molecule has 2 amide bonds. The summed E-state index contributed by atoms with van der Waals surface area (Å²) in [4.78, 5) is 27.8. The second-order valence-electron chi connectivity index (χ2n) is 9.82. The Morgan fingerprint density at radius 2 is 1.73 bits per heavy atom. The van der Waals surface area contributed by atoms with Crippen LogP contribution in [0.2, 0.25) is 0 Å². The zero-order chi connectivity index (χ0) is 23.6. The number of carbonyl (C=O) groups is 2. The normalized spacial score (nSPS) is 22.5. The van der Waals surface area contributed by atoms with Crippen molar-refractivity contribution in [2.45, 2.75) is 75.1 Å². The van der Waals surface area contributed by atoms with Gasteiger partial charge in [-0.05, 0) is 50.5 Å². The highest BCUT2D eigenvalue weighted by molar-refractivity contribution is 7.89. The topological polar surface area (TPSA) is 96.0 Å². The van der Waals surface area contributed by atoms with Crippen molar-refractivity contribution in [3.05, 3.63) is 23.8 Å². The van der Waals surface area contributed by atoms with Crippen molar-refractivity contribution in [2.24, 2.45) is 0 Å². The van der Waals surface area contributed by atoms with Gasteiger partial charge in [-0.15, -0.1) is 0 Å².